The Morgan fingerprint density at radius 1 is 1.22 bits per heavy atom. The van der Waals surface area contributed by atoms with E-state index in [2.05, 4.69) is 48.0 Å². The largest absolute Gasteiger partial charge is 0.371 e. The van der Waals surface area contributed by atoms with Crippen molar-refractivity contribution in [2.24, 2.45) is 5.92 Å². The number of fused-ring (bicyclic) bond motifs is 1. The maximum absolute atomic E-state index is 4.47. The zero-order valence-corrected chi connectivity index (χ0v) is 11.2. The van der Waals surface area contributed by atoms with Crippen LogP contribution in [-0.2, 0) is 6.42 Å². The van der Waals surface area contributed by atoms with Gasteiger partial charge in [-0.25, -0.2) is 0 Å². The summed E-state index contributed by atoms with van der Waals surface area (Å²) in [6.45, 7) is 6.94. The molecule has 0 N–H and O–H groups in total. The van der Waals surface area contributed by atoms with Crippen LogP contribution >= 0.6 is 0 Å². The summed E-state index contributed by atoms with van der Waals surface area (Å²) in [6.07, 6.45) is 4.38. The van der Waals surface area contributed by atoms with Gasteiger partial charge in [0.1, 0.15) is 0 Å². The van der Waals surface area contributed by atoms with Crippen LogP contribution in [0.15, 0.2) is 30.5 Å². The first-order valence-corrected chi connectivity index (χ1v) is 6.86. The van der Waals surface area contributed by atoms with E-state index in [1.54, 1.807) is 0 Å². The van der Waals surface area contributed by atoms with Gasteiger partial charge in [-0.05, 0) is 48.6 Å². The second kappa shape index (κ2) is 4.60. The molecular weight excluding hydrogens is 220 g/mol. The van der Waals surface area contributed by atoms with E-state index < -0.39 is 0 Å². The summed E-state index contributed by atoms with van der Waals surface area (Å²) in [5.41, 5.74) is 3.90. The highest BCUT2D eigenvalue weighted by Gasteiger charge is 2.15. The van der Waals surface area contributed by atoms with Gasteiger partial charge in [-0.2, -0.15) is 0 Å². The van der Waals surface area contributed by atoms with E-state index in [9.17, 15) is 0 Å². The molecule has 1 aliphatic rings. The zero-order valence-electron chi connectivity index (χ0n) is 11.2. The van der Waals surface area contributed by atoms with Gasteiger partial charge in [0.25, 0.3) is 0 Å². The minimum Gasteiger partial charge on any atom is -0.371 e. The Kier molecular flexibility index (Phi) is 2.94. The molecule has 0 saturated carbocycles. The Labute approximate surface area is 109 Å². The summed E-state index contributed by atoms with van der Waals surface area (Å²) < 4.78 is 0. The number of pyridine rings is 1. The normalized spacial score (nSPS) is 15.2. The van der Waals surface area contributed by atoms with Gasteiger partial charge < -0.3 is 4.90 Å². The molecule has 94 valence electrons. The maximum Gasteiger partial charge on any atom is 0.0706 e. The third-order valence-corrected chi connectivity index (χ3v) is 3.66. The van der Waals surface area contributed by atoms with Crippen molar-refractivity contribution < 1.29 is 0 Å². The van der Waals surface area contributed by atoms with Gasteiger partial charge in [0.05, 0.1) is 5.52 Å². The van der Waals surface area contributed by atoms with Crippen LogP contribution in [0.3, 0.4) is 0 Å². The minimum atomic E-state index is 0.684. The number of benzene rings is 1. The molecule has 1 aromatic heterocycles. The van der Waals surface area contributed by atoms with Crippen LogP contribution in [0.25, 0.3) is 10.9 Å². The Morgan fingerprint density at radius 2 is 2.06 bits per heavy atom. The van der Waals surface area contributed by atoms with Gasteiger partial charge in [-0.15, -0.1) is 0 Å². The summed E-state index contributed by atoms with van der Waals surface area (Å²) >= 11 is 0. The lowest BCUT2D eigenvalue weighted by atomic mass is 9.99. The minimum absolute atomic E-state index is 0.684. The van der Waals surface area contributed by atoms with Crippen LogP contribution in [-0.4, -0.2) is 18.1 Å². The summed E-state index contributed by atoms with van der Waals surface area (Å²) in [6, 6.07) is 8.85. The van der Waals surface area contributed by atoms with Crippen LogP contribution in [0.2, 0.25) is 0 Å². The number of rotatable bonds is 3. The van der Waals surface area contributed by atoms with Crippen molar-refractivity contribution in [2.75, 3.05) is 18.0 Å². The molecule has 0 spiro atoms. The number of hydrogen-bond acceptors (Lipinski definition) is 2. The predicted molar refractivity (Wildman–Crippen MR) is 77.1 cm³/mol. The van der Waals surface area contributed by atoms with Crippen molar-refractivity contribution in [1.29, 1.82) is 0 Å². The SMILES string of the molecule is CC(C)Cc1ccnc2ccc(N3CCC3)cc12. The Hall–Kier alpha value is -1.57. The molecule has 0 atom stereocenters. The lowest BCUT2D eigenvalue weighted by molar-refractivity contribution is 0.618. The Bertz CT molecular complexity index is 556. The van der Waals surface area contributed by atoms with Crippen molar-refractivity contribution in [3.05, 3.63) is 36.0 Å². The number of aromatic nitrogens is 1. The first-order chi connectivity index (χ1) is 8.74. The average Bonchev–Trinajstić information content (AvgIpc) is 2.27. The molecule has 18 heavy (non-hydrogen) atoms. The molecule has 0 amide bonds. The van der Waals surface area contributed by atoms with E-state index in [-0.39, 0.29) is 0 Å². The van der Waals surface area contributed by atoms with Crippen molar-refractivity contribution in [2.45, 2.75) is 26.7 Å². The van der Waals surface area contributed by atoms with Gasteiger partial charge >= 0.3 is 0 Å². The van der Waals surface area contributed by atoms with Crippen LogP contribution in [0.4, 0.5) is 5.69 Å². The van der Waals surface area contributed by atoms with Crippen molar-refractivity contribution in [3.63, 3.8) is 0 Å². The first kappa shape index (κ1) is 11.5. The zero-order chi connectivity index (χ0) is 12.5. The number of hydrogen-bond donors (Lipinski definition) is 0. The van der Waals surface area contributed by atoms with Crippen LogP contribution in [0, 0.1) is 5.92 Å². The number of nitrogens with zero attached hydrogens (tertiary/aromatic N) is 2. The van der Waals surface area contributed by atoms with E-state index in [4.69, 9.17) is 0 Å². The Balaban J connectivity index is 2.05. The predicted octanol–water partition coefficient (Wildman–Crippen LogP) is 3.64. The highest BCUT2D eigenvalue weighted by atomic mass is 15.2. The maximum atomic E-state index is 4.47. The summed E-state index contributed by atoms with van der Waals surface area (Å²) in [7, 11) is 0. The molecule has 0 radical (unpaired) electrons. The summed E-state index contributed by atoms with van der Waals surface area (Å²) in [5, 5.41) is 1.33. The second-order valence-electron chi connectivity index (χ2n) is 5.61. The summed E-state index contributed by atoms with van der Waals surface area (Å²) in [4.78, 5) is 6.91. The van der Waals surface area contributed by atoms with Gasteiger partial charge in [0.2, 0.25) is 0 Å². The molecule has 2 heterocycles. The van der Waals surface area contributed by atoms with Gasteiger partial charge in [-0.3, -0.25) is 4.98 Å². The van der Waals surface area contributed by atoms with E-state index >= 15 is 0 Å². The van der Waals surface area contributed by atoms with Crippen molar-refractivity contribution in [1.82, 2.24) is 4.98 Å². The van der Waals surface area contributed by atoms with Crippen LogP contribution in [0.5, 0.6) is 0 Å². The van der Waals surface area contributed by atoms with Crippen LogP contribution < -0.4 is 4.90 Å². The third kappa shape index (κ3) is 2.07. The van der Waals surface area contributed by atoms with Gasteiger partial charge in [0, 0.05) is 30.4 Å². The molecular formula is C16H20N2. The van der Waals surface area contributed by atoms with Gasteiger partial charge in [0.15, 0.2) is 0 Å². The van der Waals surface area contributed by atoms with Crippen LogP contribution in [0.1, 0.15) is 25.8 Å². The number of anilines is 1. The van der Waals surface area contributed by atoms with Gasteiger partial charge in [-0.1, -0.05) is 13.8 Å². The fourth-order valence-electron chi connectivity index (χ4n) is 2.58. The fourth-order valence-corrected chi connectivity index (χ4v) is 2.58. The molecule has 1 fully saturated rings. The molecule has 2 heteroatoms. The lowest BCUT2D eigenvalue weighted by Gasteiger charge is -2.33. The first-order valence-electron chi connectivity index (χ1n) is 6.86. The van der Waals surface area contributed by atoms with Crippen molar-refractivity contribution in [3.8, 4) is 0 Å². The molecule has 0 aliphatic carbocycles. The fraction of sp³-hybridized carbons (Fsp3) is 0.438. The molecule has 1 aromatic carbocycles. The summed E-state index contributed by atoms with van der Waals surface area (Å²) in [5.74, 6) is 0.684. The topological polar surface area (TPSA) is 16.1 Å². The third-order valence-electron chi connectivity index (χ3n) is 3.66. The molecule has 2 nitrogen and oxygen atoms in total. The highest BCUT2D eigenvalue weighted by Crippen LogP contribution is 2.27. The smallest absolute Gasteiger partial charge is 0.0706 e. The monoisotopic (exact) mass is 240 g/mol. The second-order valence-corrected chi connectivity index (χ2v) is 5.61. The molecule has 2 aromatic rings. The quantitative estimate of drug-likeness (QED) is 0.814. The standard InChI is InChI=1S/C16H20N2/c1-12(2)10-13-6-7-17-16-5-4-14(11-15(13)16)18-8-3-9-18/h4-7,11-12H,3,8-10H2,1-2H3. The van der Waals surface area contributed by atoms with E-state index in [0.717, 1.165) is 11.9 Å². The lowest BCUT2D eigenvalue weighted by Crippen LogP contribution is -2.36. The molecule has 0 bridgehead atoms. The van der Waals surface area contributed by atoms with E-state index in [1.807, 2.05) is 6.20 Å². The van der Waals surface area contributed by atoms with Crippen molar-refractivity contribution >= 4 is 16.6 Å². The molecule has 1 aliphatic heterocycles. The molecule has 0 unspecified atom stereocenters. The highest BCUT2D eigenvalue weighted by molar-refractivity contribution is 5.85. The van der Waals surface area contributed by atoms with E-state index in [1.165, 1.54) is 36.1 Å². The molecule has 3 rings (SSSR count). The Morgan fingerprint density at radius 3 is 2.72 bits per heavy atom. The average molecular weight is 240 g/mol. The molecule has 1 saturated heterocycles. The van der Waals surface area contributed by atoms with E-state index in [0.29, 0.717) is 5.92 Å².